The SMILES string of the molecule is CCNC(=O)C(C)NC(C)c1cccc2ccccc12. The fourth-order valence-electron chi connectivity index (χ4n) is 2.50. The zero-order chi connectivity index (χ0) is 14.5. The molecule has 0 bridgehead atoms. The molecule has 0 aromatic heterocycles. The summed E-state index contributed by atoms with van der Waals surface area (Å²) in [5.41, 5.74) is 1.22. The summed E-state index contributed by atoms with van der Waals surface area (Å²) >= 11 is 0. The molecule has 3 heteroatoms. The van der Waals surface area contributed by atoms with Crippen LogP contribution in [0.1, 0.15) is 32.4 Å². The molecular formula is C17H22N2O. The number of nitrogens with one attached hydrogen (secondary N) is 2. The zero-order valence-electron chi connectivity index (χ0n) is 12.3. The van der Waals surface area contributed by atoms with E-state index >= 15 is 0 Å². The highest BCUT2D eigenvalue weighted by Gasteiger charge is 2.16. The van der Waals surface area contributed by atoms with Gasteiger partial charge in [0, 0.05) is 12.6 Å². The topological polar surface area (TPSA) is 41.1 Å². The van der Waals surface area contributed by atoms with Crippen LogP contribution in [0.5, 0.6) is 0 Å². The lowest BCUT2D eigenvalue weighted by molar-refractivity contribution is -0.122. The van der Waals surface area contributed by atoms with Crippen LogP contribution in [0, 0.1) is 0 Å². The molecule has 0 saturated carbocycles. The highest BCUT2D eigenvalue weighted by molar-refractivity contribution is 5.86. The van der Waals surface area contributed by atoms with Gasteiger partial charge in [0.15, 0.2) is 0 Å². The van der Waals surface area contributed by atoms with Crippen molar-refractivity contribution >= 4 is 16.7 Å². The van der Waals surface area contributed by atoms with Gasteiger partial charge in [0.1, 0.15) is 0 Å². The van der Waals surface area contributed by atoms with Crippen molar-refractivity contribution in [2.75, 3.05) is 6.54 Å². The van der Waals surface area contributed by atoms with E-state index in [4.69, 9.17) is 0 Å². The molecule has 1 amide bonds. The first-order valence-corrected chi connectivity index (χ1v) is 7.15. The Bertz CT molecular complexity index is 589. The van der Waals surface area contributed by atoms with Crippen molar-refractivity contribution in [2.24, 2.45) is 0 Å². The molecule has 20 heavy (non-hydrogen) atoms. The van der Waals surface area contributed by atoms with Crippen LogP contribution in [0.2, 0.25) is 0 Å². The van der Waals surface area contributed by atoms with Crippen LogP contribution in [0.15, 0.2) is 42.5 Å². The Balaban J connectivity index is 2.19. The third-order valence-electron chi connectivity index (χ3n) is 3.53. The normalized spacial score (nSPS) is 13.9. The smallest absolute Gasteiger partial charge is 0.236 e. The molecule has 2 aromatic carbocycles. The highest BCUT2D eigenvalue weighted by atomic mass is 16.2. The lowest BCUT2D eigenvalue weighted by Gasteiger charge is -2.21. The van der Waals surface area contributed by atoms with Crippen LogP contribution < -0.4 is 10.6 Å². The van der Waals surface area contributed by atoms with Crippen LogP contribution in [-0.4, -0.2) is 18.5 Å². The van der Waals surface area contributed by atoms with Crippen molar-refractivity contribution in [3.63, 3.8) is 0 Å². The maximum Gasteiger partial charge on any atom is 0.236 e. The van der Waals surface area contributed by atoms with E-state index in [2.05, 4.69) is 47.9 Å². The van der Waals surface area contributed by atoms with Gasteiger partial charge in [-0.1, -0.05) is 42.5 Å². The van der Waals surface area contributed by atoms with Gasteiger partial charge in [0.25, 0.3) is 0 Å². The van der Waals surface area contributed by atoms with E-state index in [0.717, 1.165) is 0 Å². The number of fused-ring (bicyclic) bond motifs is 1. The molecule has 0 heterocycles. The van der Waals surface area contributed by atoms with Crippen LogP contribution in [0.4, 0.5) is 0 Å². The third-order valence-corrected chi connectivity index (χ3v) is 3.53. The number of carbonyl (C=O) groups is 1. The molecule has 0 aliphatic heterocycles. The average Bonchev–Trinajstić information content (AvgIpc) is 2.46. The van der Waals surface area contributed by atoms with Gasteiger partial charge in [-0.2, -0.15) is 0 Å². The first-order chi connectivity index (χ1) is 9.63. The summed E-state index contributed by atoms with van der Waals surface area (Å²) in [7, 11) is 0. The zero-order valence-corrected chi connectivity index (χ0v) is 12.3. The van der Waals surface area contributed by atoms with E-state index in [1.54, 1.807) is 0 Å². The number of hydrogen-bond acceptors (Lipinski definition) is 2. The van der Waals surface area contributed by atoms with Crippen LogP contribution in [0.25, 0.3) is 10.8 Å². The van der Waals surface area contributed by atoms with Gasteiger partial charge in [-0.3, -0.25) is 10.1 Å². The Labute approximate surface area is 120 Å². The third kappa shape index (κ3) is 3.17. The van der Waals surface area contributed by atoms with E-state index in [0.29, 0.717) is 6.54 Å². The van der Waals surface area contributed by atoms with Gasteiger partial charge in [-0.25, -0.2) is 0 Å². The minimum absolute atomic E-state index is 0.0413. The molecule has 2 N–H and O–H groups in total. The summed E-state index contributed by atoms with van der Waals surface area (Å²) in [6.07, 6.45) is 0. The molecule has 2 rings (SSSR count). The summed E-state index contributed by atoms with van der Waals surface area (Å²) in [6, 6.07) is 14.5. The Kier molecular flexibility index (Phi) is 4.74. The molecule has 0 radical (unpaired) electrons. The quantitative estimate of drug-likeness (QED) is 0.877. The Morgan fingerprint density at radius 2 is 1.80 bits per heavy atom. The number of carbonyl (C=O) groups excluding carboxylic acids is 1. The van der Waals surface area contributed by atoms with Gasteiger partial charge in [0.05, 0.1) is 6.04 Å². The van der Waals surface area contributed by atoms with Gasteiger partial charge in [0.2, 0.25) is 5.91 Å². The summed E-state index contributed by atoms with van der Waals surface area (Å²) in [5, 5.41) is 8.66. The fourth-order valence-corrected chi connectivity index (χ4v) is 2.50. The summed E-state index contributed by atoms with van der Waals surface area (Å²) in [4.78, 5) is 11.8. The Morgan fingerprint density at radius 1 is 1.10 bits per heavy atom. The molecule has 106 valence electrons. The second-order valence-corrected chi connectivity index (χ2v) is 5.07. The maximum atomic E-state index is 11.8. The molecule has 0 aliphatic rings. The van der Waals surface area contributed by atoms with E-state index in [9.17, 15) is 4.79 Å². The lowest BCUT2D eigenvalue weighted by atomic mass is 9.99. The number of hydrogen-bond donors (Lipinski definition) is 2. The van der Waals surface area contributed by atoms with Gasteiger partial charge >= 0.3 is 0 Å². The minimum atomic E-state index is -0.205. The first kappa shape index (κ1) is 14.5. The average molecular weight is 270 g/mol. The fraction of sp³-hybridized carbons (Fsp3) is 0.353. The Morgan fingerprint density at radius 3 is 2.55 bits per heavy atom. The first-order valence-electron chi connectivity index (χ1n) is 7.15. The van der Waals surface area contributed by atoms with Crippen LogP contribution in [-0.2, 0) is 4.79 Å². The molecule has 2 aromatic rings. The summed E-state index contributed by atoms with van der Waals surface area (Å²) in [5.74, 6) is 0.0413. The van der Waals surface area contributed by atoms with Crippen molar-refractivity contribution in [3.05, 3.63) is 48.0 Å². The van der Waals surface area contributed by atoms with E-state index in [1.165, 1.54) is 16.3 Å². The summed E-state index contributed by atoms with van der Waals surface area (Å²) < 4.78 is 0. The molecule has 0 saturated heterocycles. The number of likely N-dealkylation sites (N-methyl/N-ethyl adjacent to an activating group) is 1. The second kappa shape index (κ2) is 6.53. The van der Waals surface area contributed by atoms with Crippen molar-refractivity contribution in [1.29, 1.82) is 0 Å². The molecule has 3 nitrogen and oxygen atoms in total. The van der Waals surface area contributed by atoms with Crippen LogP contribution >= 0.6 is 0 Å². The predicted octanol–water partition coefficient (Wildman–Crippen LogP) is 3.02. The van der Waals surface area contributed by atoms with E-state index < -0.39 is 0 Å². The van der Waals surface area contributed by atoms with E-state index in [1.807, 2.05) is 26.0 Å². The van der Waals surface area contributed by atoms with Crippen molar-refractivity contribution in [1.82, 2.24) is 10.6 Å². The van der Waals surface area contributed by atoms with Crippen LogP contribution in [0.3, 0.4) is 0 Å². The number of benzene rings is 2. The highest BCUT2D eigenvalue weighted by Crippen LogP contribution is 2.24. The number of amides is 1. The minimum Gasteiger partial charge on any atom is -0.355 e. The molecule has 0 spiro atoms. The monoisotopic (exact) mass is 270 g/mol. The van der Waals surface area contributed by atoms with Gasteiger partial charge < -0.3 is 5.32 Å². The van der Waals surface area contributed by atoms with Gasteiger partial charge in [-0.05, 0) is 37.1 Å². The lowest BCUT2D eigenvalue weighted by Crippen LogP contribution is -2.43. The molecule has 2 atom stereocenters. The molecule has 2 unspecified atom stereocenters. The molecule has 0 aliphatic carbocycles. The van der Waals surface area contributed by atoms with E-state index in [-0.39, 0.29) is 18.0 Å². The largest absolute Gasteiger partial charge is 0.355 e. The van der Waals surface area contributed by atoms with Crippen molar-refractivity contribution in [2.45, 2.75) is 32.9 Å². The second-order valence-electron chi connectivity index (χ2n) is 5.07. The Hall–Kier alpha value is -1.87. The van der Waals surface area contributed by atoms with Crippen molar-refractivity contribution in [3.8, 4) is 0 Å². The van der Waals surface area contributed by atoms with Crippen molar-refractivity contribution < 1.29 is 4.79 Å². The maximum absolute atomic E-state index is 11.8. The number of rotatable bonds is 5. The predicted molar refractivity (Wildman–Crippen MR) is 83.6 cm³/mol. The molecular weight excluding hydrogens is 248 g/mol. The standard InChI is InChI=1S/C17H22N2O/c1-4-18-17(20)13(3)19-12(2)15-11-7-9-14-8-5-6-10-16(14)15/h5-13,19H,4H2,1-3H3,(H,18,20). The molecule has 0 fully saturated rings. The van der Waals surface area contributed by atoms with Gasteiger partial charge in [-0.15, -0.1) is 0 Å². The summed E-state index contributed by atoms with van der Waals surface area (Å²) in [6.45, 7) is 6.58.